The van der Waals surface area contributed by atoms with Crippen LogP contribution in [-0.2, 0) is 7.05 Å². The van der Waals surface area contributed by atoms with E-state index in [2.05, 4.69) is 9.47 Å². The van der Waals surface area contributed by atoms with Crippen LogP contribution in [0.4, 0.5) is 0 Å². The van der Waals surface area contributed by atoms with Gasteiger partial charge in [0.1, 0.15) is 5.69 Å². The van der Waals surface area contributed by atoms with Gasteiger partial charge in [-0.2, -0.15) is 9.47 Å². The third-order valence-corrected chi connectivity index (χ3v) is 4.23. The van der Waals surface area contributed by atoms with Crippen LogP contribution < -0.4 is 5.56 Å². The molecule has 0 unspecified atom stereocenters. The maximum absolute atomic E-state index is 12.3. The molecule has 0 radical (unpaired) electrons. The third kappa shape index (κ3) is 1.72. The Kier molecular flexibility index (Phi) is 2.83. The first-order valence-electron chi connectivity index (χ1n) is 6.13. The predicted octanol–water partition coefficient (Wildman–Crippen LogP) is 2.38. The zero-order chi connectivity index (χ0) is 14.4. The fourth-order valence-corrected chi connectivity index (χ4v) is 3.17. The first-order chi connectivity index (χ1) is 9.50. The average molecular weight is 287 g/mol. The molecule has 5 nitrogen and oxygen atoms in total. The topological polar surface area (TPSA) is 68.0 Å². The molecule has 0 aliphatic rings. The van der Waals surface area contributed by atoms with Gasteiger partial charge in [0.05, 0.1) is 16.0 Å². The molecule has 0 aliphatic carbocycles. The fraction of sp³-hybridized carbons (Fsp3) is 0.214. The number of hydrogen-bond acceptors (Lipinski definition) is 5. The monoisotopic (exact) mass is 287 g/mol. The van der Waals surface area contributed by atoms with Crippen LogP contribution in [0.3, 0.4) is 0 Å². The van der Waals surface area contributed by atoms with Crippen LogP contribution >= 0.6 is 11.5 Å². The Morgan fingerprint density at radius 3 is 2.75 bits per heavy atom. The quantitative estimate of drug-likeness (QED) is 0.746. The third-order valence-electron chi connectivity index (χ3n) is 3.33. The Morgan fingerprint density at radius 2 is 2.00 bits per heavy atom. The van der Waals surface area contributed by atoms with E-state index in [0.717, 1.165) is 15.8 Å². The van der Waals surface area contributed by atoms with Gasteiger partial charge in [-0.15, -0.1) is 0 Å². The standard InChI is InChI=1S/C14H13N3O2S/c1-7-11-9(5-4-6-10(11)20-16-7)12-13(18)8(2)15-17(3)14(12)19/h4-6,18H,1-3H3. The van der Waals surface area contributed by atoms with Gasteiger partial charge >= 0.3 is 0 Å². The minimum Gasteiger partial charge on any atom is -0.505 e. The molecule has 0 saturated heterocycles. The number of benzene rings is 1. The molecular weight excluding hydrogens is 274 g/mol. The molecule has 3 rings (SSSR count). The average Bonchev–Trinajstić information content (AvgIpc) is 2.80. The van der Waals surface area contributed by atoms with Crippen molar-refractivity contribution in [3.8, 4) is 16.9 Å². The van der Waals surface area contributed by atoms with Crippen molar-refractivity contribution in [3.63, 3.8) is 0 Å². The second kappa shape index (κ2) is 4.42. The second-order valence-electron chi connectivity index (χ2n) is 4.68. The molecule has 0 fully saturated rings. The lowest BCUT2D eigenvalue weighted by Crippen LogP contribution is -2.22. The molecule has 2 heterocycles. The molecule has 3 aromatic rings. The number of nitrogens with zero attached hydrogens (tertiary/aromatic N) is 3. The molecule has 0 bridgehead atoms. The van der Waals surface area contributed by atoms with Crippen molar-refractivity contribution in [2.24, 2.45) is 7.05 Å². The van der Waals surface area contributed by atoms with Gasteiger partial charge < -0.3 is 5.11 Å². The highest BCUT2D eigenvalue weighted by Gasteiger charge is 2.18. The van der Waals surface area contributed by atoms with E-state index in [9.17, 15) is 9.90 Å². The number of aromatic hydroxyl groups is 1. The van der Waals surface area contributed by atoms with Crippen LogP contribution in [0.2, 0.25) is 0 Å². The highest BCUT2D eigenvalue weighted by atomic mass is 32.1. The van der Waals surface area contributed by atoms with Crippen LogP contribution in [-0.4, -0.2) is 19.3 Å². The lowest BCUT2D eigenvalue weighted by Gasteiger charge is -2.09. The van der Waals surface area contributed by atoms with E-state index in [4.69, 9.17) is 0 Å². The summed E-state index contributed by atoms with van der Waals surface area (Å²) in [5, 5.41) is 15.2. The van der Waals surface area contributed by atoms with Crippen molar-refractivity contribution in [2.75, 3.05) is 0 Å². The van der Waals surface area contributed by atoms with Crippen molar-refractivity contribution in [2.45, 2.75) is 13.8 Å². The number of hydrogen-bond donors (Lipinski definition) is 1. The van der Waals surface area contributed by atoms with Crippen LogP contribution in [0.5, 0.6) is 5.75 Å². The second-order valence-corrected chi connectivity index (χ2v) is 5.49. The smallest absolute Gasteiger partial charge is 0.278 e. The maximum atomic E-state index is 12.3. The highest BCUT2D eigenvalue weighted by Crippen LogP contribution is 2.35. The molecule has 0 aliphatic heterocycles. The van der Waals surface area contributed by atoms with E-state index in [-0.39, 0.29) is 16.9 Å². The Hall–Kier alpha value is -2.21. The van der Waals surface area contributed by atoms with Gasteiger partial charge in [-0.05, 0) is 31.4 Å². The van der Waals surface area contributed by atoms with Gasteiger partial charge in [-0.3, -0.25) is 4.79 Å². The van der Waals surface area contributed by atoms with Crippen molar-refractivity contribution < 1.29 is 5.11 Å². The highest BCUT2D eigenvalue weighted by molar-refractivity contribution is 7.13. The minimum absolute atomic E-state index is 0.0637. The summed E-state index contributed by atoms with van der Waals surface area (Å²) in [7, 11) is 1.58. The molecule has 6 heteroatoms. The van der Waals surface area contributed by atoms with Gasteiger partial charge in [0.15, 0.2) is 5.75 Å². The van der Waals surface area contributed by atoms with Crippen molar-refractivity contribution >= 4 is 21.6 Å². The van der Waals surface area contributed by atoms with Gasteiger partial charge in [0.25, 0.3) is 5.56 Å². The van der Waals surface area contributed by atoms with Gasteiger partial charge in [-0.25, -0.2) is 4.68 Å². The van der Waals surface area contributed by atoms with Crippen LogP contribution in [0.15, 0.2) is 23.0 Å². The maximum Gasteiger partial charge on any atom is 0.278 e. The SMILES string of the molecule is Cc1nn(C)c(=O)c(-c2cccc3snc(C)c23)c1O. The largest absolute Gasteiger partial charge is 0.505 e. The normalized spacial score (nSPS) is 11.2. The van der Waals surface area contributed by atoms with E-state index in [0.29, 0.717) is 11.3 Å². The van der Waals surface area contributed by atoms with Gasteiger partial charge in [-0.1, -0.05) is 12.1 Å². The summed E-state index contributed by atoms with van der Waals surface area (Å²) in [4.78, 5) is 12.3. The minimum atomic E-state index is -0.314. The van der Waals surface area contributed by atoms with E-state index >= 15 is 0 Å². The first-order valence-corrected chi connectivity index (χ1v) is 6.90. The predicted molar refractivity (Wildman–Crippen MR) is 79.2 cm³/mol. The Bertz CT molecular complexity index is 880. The van der Waals surface area contributed by atoms with Crippen LogP contribution in [0, 0.1) is 13.8 Å². The number of aromatic nitrogens is 3. The number of fused-ring (bicyclic) bond motifs is 1. The molecule has 0 spiro atoms. The molecule has 0 atom stereocenters. The van der Waals surface area contributed by atoms with Crippen molar-refractivity contribution in [3.05, 3.63) is 39.9 Å². The van der Waals surface area contributed by atoms with E-state index < -0.39 is 0 Å². The summed E-state index contributed by atoms with van der Waals surface area (Å²) in [6.45, 7) is 3.58. The Labute approximate surface area is 119 Å². The summed E-state index contributed by atoms with van der Waals surface area (Å²) in [6.07, 6.45) is 0. The summed E-state index contributed by atoms with van der Waals surface area (Å²) < 4.78 is 6.57. The lowest BCUT2D eigenvalue weighted by molar-refractivity contribution is 0.460. The number of rotatable bonds is 1. The summed E-state index contributed by atoms with van der Waals surface area (Å²) in [5.74, 6) is -0.0637. The molecule has 0 amide bonds. The van der Waals surface area contributed by atoms with Gasteiger partial charge in [0, 0.05) is 18.0 Å². The Balaban J connectivity index is 2.49. The molecular formula is C14H13N3O2S. The van der Waals surface area contributed by atoms with Crippen LogP contribution in [0.25, 0.3) is 21.2 Å². The molecule has 2 aromatic heterocycles. The lowest BCUT2D eigenvalue weighted by atomic mass is 10.0. The number of aryl methyl sites for hydroxylation is 3. The molecule has 1 aromatic carbocycles. The summed E-state index contributed by atoms with van der Waals surface area (Å²) in [6, 6.07) is 5.66. The summed E-state index contributed by atoms with van der Waals surface area (Å²) in [5.41, 5.74) is 1.97. The first kappa shape index (κ1) is 12.8. The van der Waals surface area contributed by atoms with E-state index in [1.807, 2.05) is 25.1 Å². The summed E-state index contributed by atoms with van der Waals surface area (Å²) >= 11 is 1.39. The van der Waals surface area contributed by atoms with Crippen molar-refractivity contribution in [1.82, 2.24) is 14.2 Å². The molecule has 0 saturated carbocycles. The van der Waals surface area contributed by atoms with Crippen LogP contribution in [0.1, 0.15) is 11.4 Å². The fourth-order valence-electron chi connectivity index (χ4n) is 2.36. The van der Waals surface area contributed by atoms with Crippen molar-refractivity contribution in [1.29, 1.82) is 0 Å². The molecule has 1 N–H and O–H groups in total. The van der Waals surface area contributed by atoms with E-state index in [1.165, 1.54) is 16.2 Å². The molecule has 102 valence electrons. The zero-order valence-corrected chi connectivity index (χ0v) is 12.2. The van der Waals surface area contributed by atoms with E-state index in [1.54, 1.807) is 14.0 Å². The zero-order valence-electron chi connectivity index (χ0n) is 11.3. The Morgan fingerprint density at radius 1 is 1.25 bits per heavy atom. The van der Waals surface area contributed by atoms with Gasteiger partial charge in [0.2, 0.25) is 0 Å². The molecule has 20 heavy (non-hydrogen) atoms.